The lowest BCUT2D eigenvalue weighted by Gasteiger charge is -1.86. The first-order valence-corrected chi connectivity index (χ1v) is 2.41. The second-order valence-electron chi connectivity index (χ2n) is 1.20. The number of hydrogen-bond donors (Lipinski definition) is 1. The average Bonchev–Trinajstić information content (AvgIpc) is 1.83. The van der Waals surface area contributed by atoms with Crippen LogP contribution in [-0.4, -0.2) is 12.9 Å². The number of rotatable bonds is 1. The van der Waals surface area contributed by atoms with E-state index in [0.29, 0.717) is 5.84 Å². The van der Waals surface area contributed by atoms with Crippen molar-refractivity contribution in [3.8, 4) is 0 Å². The fraction of sp³-hybridized carbons (Fsp3) is 0.750. The molecule has 0 aromatic rings. The molecule has 0 heterocycles. The molecule has 0 aromatic heterocycles. The fourth-order valence-corrected chi connectivity index (χ4v) is 0.303. The van der Waals surface area contributed by atoms with Crippen LogP contribution in [0.3, 0.4) is 0 Å². The zero-order valence-corrected chi connectivity index (χ0v) is 5.13. The normalized spacial score (nSPS) is 13.0. The molecule has 0 atom stereocenters. The predicted molar refractivity (Wildman–Crippen MR) is 32.7 cm³/mol. The Bertz CT molecular complexity index is 102. The minimum Gasteiger partial charge on any atom is -0.321 e. The third-order valence-electron chi connectivity index (χ3n) is 0.681. The molecule has 0 aliphatic rings. The highest BCUT2D eigenvalue weighted by Crippen LogP contribution is 1.84. The zero-order chi connectivity index (χ0) is 6.41. The summed E-state index contributed by atoms with van der Waals surface area (Å²) < 4.78 is 0. The zero-order valence-electron chi connectivity index (χ0n) is 5.13. The second-order valence-corrected chi connectivity index (χ2v) is 1.20. The summed E-state index contributed by atoms with van der Waals surface area (Å²) in [4.78, 5) is 0. The Labute approximate surface area is 48.5 Å². The van der Waals surface area contributed by atoms with Gasteiger partial charge in [0.15, 0.2) is 5.84 Å². The van der Waals surface area contributed by atoms with Crippen LogP contribution in [0.2, 0.25) is 0 Å². The molecule has 8 heavy (non-hydrogen) atoms. The Morgan fingerprint density at radius 1 is 1.62 bits per heavy atom. The molecule has 0 fully saturated rings. The third-order valence-corrected chi connectivity index (χ3v) is 0.681. The van der Waals surface area contributed by atoms with Crippen molar-refractivity contribution in [3.63, 3.8) is 0 Å². The van der Waals surface area contributed by atoms with Crippen molar-refractivity contribution in [2.45, 2.75) is 13.3 Å². The predicted octanol–water partition coefficient (Wildman–Crippen LogP) is 0.751. The number of amidine groups is 1. The summed E-state index contributed by atoms with van der Waals surface area (Å²) in [6.45, 7) is 1.92. The molecule has 0 amide bonds. The first-order valence-electron chi connectivity index (χ1n) is 2.41. The van der Waals surface area contributed by atoms with Crippen LogP contribution in [0.25, 0.3) is 0 Å². The van der Waals surface area contributed by atoms with E-state index in [1.807, 2.05) is 6.92 Å². The van der Waals surface area contributed by atoms with Gasteiger partial charge in [-0.1, -0.05) is 6.92 Å². The summed E-state index contributed by atoms with van der Waals surface area (Å²) >= 11 is 0. The van der Waals surface area contributed by atoms with Crippen LogP contribution >= 0.6 is 0 Å². The Kier molecular flexibility index (Phi) is 3.74. The van der Waals surface area contributed by atoms with Crippen molar-refractivity contribution in [3.05, 3.63) is 0 Å². The SMILES string of the molecule is CCC(/N=N\C)=N/N. The molecule has 0 spiro atoms. The Morgan fingerprint density at radius 3 is 2.38 bits per heavy atom. The average molecular weight is 114 g/mol. The Balaban J connectivity index is 3.72. The van der Waals surface area contributed by atoms with Crippen molar-refractivity contribution >= 4 is 5.84 Å². The first kappa shape index (κ1) is 7.07. The van der Waals surface area contributed by atoms with Gasteiger partial charge in [0.2, 0.25) is 0 Å². The van der Waals surface area contributed by atoms with E-state index in [0.717, 1.165) is 6.42 Å². The molecular weight excluding hydrogens is 104 g/mol. The van der Waals surface area contributed by atoms with Crippen molar-refractivity contribution in [2.75, 3.05) is 7.05 Å². The second kappa shape index (κ2) is 4.23. The van der Waals surface area contributed by atoms with Gasteiger partial charge in [-0.3, -0.25) is 0 Å². The van der Waals surface area contributed by atoms with Crippen LogP contribution in [0.5, 0.6) is 0 Å². The standard InChI is InChI=1S/C4H10N4/c1-3-4(7-5)8-6-2/h3,5H2,1-2H3/b7-4-,8-6-. The van der Waals surface area contributed by atoms with Crippen LogP contribution < -0.4 is 5.84 Å². The first-order chi connectivity index (χ1) is 3.85. The van der Waals surface area contributed by atoms with Gasteiger partial charge in [0.05, 0.1) is 0 Å². The Morgan fingerprint density at radius 2 is 2.25 bits per heavy atom. The molecule has 2 N–H and O–H groups in total. The third kappa shape index (κ3) is 2.28. The van der Waals surface area contributed by atoms with Gasteiger partial charge in [0.25, 0.3) is 0 Å². The van der Waals surface area contributed by atoms with Crippen LogP contribution in [0.15, 0.2) is 15.3 Å². The molecule has 4 nitrogen and oxygen atoms in total. The molecule has 0 aromatic carbocycles. The van der Waals surface area contributed by atoms with Crippen LogP contribution in [0.4, 0.5) is 0 Å². The molecule has 0 aliphatic heterocycles. The van der Waals surface area contributed by atoms with Gasteiger partial charge in [0.1, 0.15) is 0 Å². The van der Waals surface area contributed by atoms with Gasteiger partial charge < -0.3 is 5.84 Å². The maximum absolute atomic E-state index is 4.90. The summed E-state index contributed by atoms with van der Waals surface area (Å²) in [5.74, 6) is 5.48. The van der Waals surface area contributed by atoms with E-state index in [9.17, 15) is 0 Å². The maximum atomic E-state index is 4.90. The monoisotopic (exact) mass is 114 g/mol. The van der Waals surface area contributed by atoms with Gasteiger partial charge in [-0.25, -0.2) is 0 Å². The quantitative estimate of drug-likeness (QED) is 0.176. The largest absolute Gasteiger partial charge is 0.321 e. The number of nitrogens with zero attached hydrogens (tertiary/aromatic N) is 3. The number of azo groups is 1. The van der Waals surface area contributed by atoms with Crippen molar-refractivity contribution in [1.29, 1.82) is 0 Å². The molecule has 0 saturated carbocycles. The number of nitrogens with two attached hydrogens (primary N) is 1. The molecule has 0 unspecified atom stereocenters. The van der Waals surface area contributed by atoms with Gasteiger partial charge >= 0.3 is 0 Å². The van der Waals surface area contributed by atoms with E-state index in [-0.39, 0.29) is 0 Å². The highest BCUT2D eigenvalue weighted by molar-refractivity contribution is 5.81. The minimum absolute atomic E-state index is 0.576. The smallest absolute Gasteiger partial charge is 0.169 e. The van der Waals surface area contributed by atoms with E-state index in [2.05, 4.69) is 15.3 Å². The lowest BCUT2D eigenvalue weighted by Crippen LogP contribution is -1.94. The van der Waals surface area contributed by atoms with E-state index >= 15 is 0 Å². The van der Waals surface area contributed by atoms with Crippen molar-refractivity contribution in [2.24, 2.45) is 21.2 Å². The van der Waals surface area contributed by atoms with E-state index < -0.39 is 0 Å². The van der Waals surface area contributed by atoms with Gasteiger partial charge in [-0.05, 0) is 0 Å². The molecule has 0 saturated heterocycles. The summed E-state index contributed by atoms with van der Waals surface area (Å²) in [5.41, 5.74) is 0. The van der Waals surface area contributed by atoms with Crippen LogP contribution in [0, 0.1) is 0 Å². The van der Waals surface area contributed by atoms with E-state index in [1.165, 1.54) is 0 Å². The van der Waals surface area contributed by atoms with Gasteiger partial charge in [-0.15, -0.1) is 5.11 Å². The minimum atomic E-state index is 0.576. The molecule has 0 rings (SSSR count). The molecular formula is C4H10N4. The summed E-state index contributed by atoms with van der Waals surface area (Å²) in [6.07, 6.45) is 0.730. The van der Waals surface area contributed by atoms with Gasteiger partial charge in [-0.2, -0.15) is 10.2 Å². The van der Waals surface area contributed by atoms with Crippen molar-refractivity contribution < 1.29 is 0 Å². The highest BCUT2D eigenvalue weighted by atomic mass is 15.2. The molecule has 46 valence electrons. The van der Waals surface area contributed by atoms with Crippen LogP contribution in [-0.2, 0) is 0 Å². The number of hydrazone groups is 1. The topological polar surface area (TPSA) is 63.1 Å². The highest BCUT2D eigenvalue weighted by Gasteiger charge is 1.86. The van der Waals surface area contributed by atoms with E-state index in [4.69, 9.17) is 5.84 Å². The maximum Gasteiger partial charge on any atom is 0.169 e. The lowest BCUT2D eigenvalue weighted by molar-refractivity contribution is 1.09. The molecule has 0 aliphatic carbocycles. The lowest BCUT2D eigenvalue weighted by atomic mass is 10.5. The van der Waals surface area contributed by atoms with Gasteiger partial charge in [0, 0.05) is 13.5 Å². The summed E-state index contributed by atoms with van der Waals surface area (Å²) in [7, 11) is 1.58. The summed E-state index contributed by atoms with van der Waals surface area (Å²) in [5, 5.41) is 10.5. The van der Waals surface area contributed by atoms with Crippen molar-refractivity contribution in [1.82, 2.24) is 0 Å². The summed E-state index contributed by atoms with van der Waals surface area (Å²) in [6, 6.07) is 0. The molecule has 4 heteroatoms. The number of hydrogen-bond acceptors (Lipinski definition) is 3. The molecule has 0 radical (unpaired) electrons. The molecule has 0 bridgehead atoms. The van der Waals surface area contributed by atoms with Crippen LogP contribution in [0.1, 0.15) is 13.3 Å². The Hall–Kier alpha value is -0.930. The van der Waals surface area contributed by atoms with E-state index in [1.54, 1.807) is 7.05 Å². The fourth-order valence-electron chi connectivity index (χ4n) is 0.303.